The smallest absolute Gasteiger partial charge is 0.221 e. The van der Waals surface area contributed by atoms with E-state index in [1.165, 1.54) is 12.0 Å². The monoisotopic (exact) mass is 549 g/mol. The molecule has 2 unspecified atom stereocenters. The van der Waals surface area contributed by atoms with E-state index in [1.54, 1.807) is 0 Å². The predicted octanol–water partition coefficient (Wildman–Crippen LogP) is 3.81. The minimum absolute atomic E-state index is 0. The number of nitrogens with one attached hydrogen (secondary N) is 3. The number of hydrogen-bond donors (Lipinski definition) is 3. The van der Waals surface area contributed by atoms with Crippen molar-refractivity contribution in [2.24, 2.45) is 10.9 Å². The summed E-state index contributed by atoms with van der Waals surface area (Å²) in [6.07, 6.45) is 3.72. The van der Waals surface area contributed by atoms with Crippen LogP contribution >= 0.6 is 35.6 Å². The minimum Gasteiger partial charge on any atom is -0.357 e. The topological polar surface area (TPSA) is 68.8 Å². The first-order valence-electron chi connectivity index (χ1n) is 10.8. The van der Waals surface area contributed by atoms with Gasteiger partial charge in [0, 0.05) is 43.7 Å². The summed E-state index contributed by atoms with van der Waals surface area (Å²) in [7, 11) is 2.18. The fourth-order valence-corrected chi connectivity index (χ4v) is 4.06. The average molecular weight is 550 g/mol. The molecule has 0 radical (unpaired) electrons. The molecule has 6 nitrogen and oxygen atoms in total. The van der Waals surface area contributed by atoms with Crippen molar-refractivity contribution < 1.29 is 4.79 Å². The number of nitrogens with zero attached hydrogens (tertiary/aromatic N) is 2. The SMILES string of the molecule is CCCNC(=O)CCNC(=NCC1CCCN(C)C1c1cccc(Cl)c1)NCC.I. The molecule has 1 aliphatic rings. The van der Waals surface area contributed by atoms with Gasteiger partial charge in [0.15, 0.2) is 5.96 Å². The number of guanidine groups is 1. The molecule has 1 amide bonds. The Morgan fingerprint density at radius 1 is 1.23 bits per heavy atom. The van der Waals surface area contributed by atoms with Gasteiger partial charge in [0.2, 0.25) is 5.91 Å². The molecule has 2 atom stereocenters. The maximum Gasteiger partial charge on any atom is 0.221 e. The number of halogens is 2. The maximum absolute atomic E-state index is 11.8. The lowest BCUT2D eigenvalue weighted by molar-refractivity contribution is -0.120. The number of carbonyl (C=O) groups is 1. The fraction of sp³-hybridized carbons (Fsp3) is 0.636. The van der Waals surface area contributed by atoms with E-state index in [0.29, 0.717) is 24.9 Å². The molecule has 30 heavy (non-hydrogen) atoms. The molecule has 3 N–H and O–H groups in total. The van der Waals surface area contributed by atoms with Crippen LogP contribution in [-0.4, -0.2) is 56.5 Å². The minimum atomic E-state index is 0. The normalized spacial score (nSPS) is 19.7. The number of aliphatic imine (C=N–C) groups is 1. The van der Waals surface area contributed by atoms with Gasteiger partial charge in [-0.2, -0.15) is 0 Å². The molecule has 1 heterocycles. The Morgan fingerprint density at radius 3 is 2.73 bits per heavy atom. The summed E-state index contributed by atoms with van der Waals surface area (Å²) < 4.78 is 0. The van der Waals surface area contributed by atoms with Crippen LogP contribution in [0.4, 0.5) is 0 Å². The zero-order valence-corrected chi connectivity index (χ0v) is 21.5. The van der Waals surface area contributed by atoms with E-state index in [4.69, 9.17) is 16.6 Å². The molecule has 1 fully saturated rings. The van der Waals surface area contributed by atoms with Crippen molar-refractivity contribution in [3.05, 3.63) is 34.9 Å². The molecule has 1 aliphatic heterocycles. The molecular weight excluding hydrogens is 513 g/mol. The highest BCUT2D eigenvalue weighted by molar-refractivity contribution is 14.0. The van der Waals surface area contributed by atoms with Gasteiger partial charge >= 0.3 is 0 Å². The molecule has 1 aromatic rings. The van der Waals surface area contributed by atoms with Crippen LogP contribution in [0.15, 0.2) is 29.3 Å². The molecule has 170 valence electrons. The lowest BCUT2D eigenvalue weighted by Gasteiger charge is -2.39. The summed E-state index contributed by atoms with van der Waals surface area (Å²) in [4.78, 5) is 19.0. The van der Waals surface area contributed by atoms with Gasteiger partial charge in [-0.3, -0.25) is 14.7 Å². The summed E-state index contributed by atoms with van der Waals surface area (Å²) in [6.45, 7) is 8.01. The van der Waals surface area contributed by atoms with Crippen molar-refractivity contribution in [3.8, 4) is 0 Å². The van der Waals surface area contributed by atoms with Gasteiger partial charge in [-0.05, 0) is 63.4 Å². The molecule has 0 saturated carbocycles. The molecule has 0 bridgehead atoms. The number of piperidine rings is 1. The molecule has 1 aromatic carbocycles. The Balaban J connectivity index is 0.00000450. The molecule has 0 aliphatic carbocycles. The third kappa shape index (κ3) is 8.98. The Kier molecular flexibility index (Phi) is 13.4. The Bertz CT molecular complexity index is 673. The number of benzene rings is 1. The van der Waals surface area contributed by atoms with E-state index < -0.39 is 0 Å². The van der Waals surface area contributed by atoms with E-state index in [-0.39, 0.29) is 29.9 Å². The molecule has 0 spiro atoms. The van der Waals surface area contributed by atoms with Crippen LogP contribution in [0.1, 0.15) is 51.1 Å². The highest BCUT2D eigenvalue weighted by atomic mass is 127. The van der Waals surface area contributed by atoms with Gasteiger partial charge in [-0.1, -0.05) is 30.7 Å². The molecule has 0 aromatic heterocycles. The zero-order chi connectivity index (χ0) is 21.1. The third-order valence-corrected chi connectivity index (χ3v) is 5.48. The van der Waals surface area contributed by atoms with Crippen molar-refractivity contribution in [2.45, 2.75) is 45.6 Å². The highest BCUT2D eigenvalue weighted by Gasteiger charge is 2.30. The van der Waals surface area contributed by atoms with Crippen LogP contribution < -0.4 is 16.0 Å². The first-order valence-corrected chi connectivity index (χ1v) is 11.2. The van der Waals surface area contributed by atoms with Crippen molar-refractivity contribution in [1.82, 2.24) is 20.9 Å². The summed E-state index contributed by atoms with van der Waals surface area (Å²) in [6, 6.07) is 8.49. The molecule has 2 rings (SSSR count). The number of hydrogen-bond acceptors (Lipinski definition) is 3. The standard InChI is InChI=1S/C22H36ClN5O.HI/c1-4-12-25-20(29)11-13-26-22(24-5-2)27-16-18-9-7-14-28(3)21(18)17-8-6-10-19(23)15-17;/h6,8,10,15,18,21H,4-5,7,9,11-14,16H2,1-3H3,(H,25,29)(H2,24,26,27);1H. The van der Waals surface area contributed by atoms with Crippen LogP contribution in [0.5, 0.6) is 0 Å². The summed E-state index contributed by atoms with van der Waals surface area (Å²) in [5.74, 6) is 1.27. The lowest BCUT2D eigenvalue weighted by atomic mass is 9.85. The van der Waals surface area contributed by atoms with Crippen LogP contribution in [-0.2, 0) is 4.79 Å². The Labute approximate surface area is 203 Å². The predicted molar refractivity (Wildman–Crippen MR) is 137 cm³/mol. The third-order valence-electron chi connectivity index (χ3n) is 5.24. The fourth-order valence-electron chi connectivity index (χ4n) is 3.87. The van der Waals surface area contributed by atoms with Gasteiger partial charge < -0.3 is 16.0 Å². The average Bonchev–Trinajstić information content (AvgIpc) is 2.70. The van der Waals surface area contributed by atoms with Crippen LogP contribution in [0.25, 0.3) is 0 Å². The molecule has 1 saturated heterocycles. The summed E-state index contributed by atoms with van der Waals surface area (Å²) in [5, 5.41) is 10.2. The van der Waals surface area contributed by atoms with E-state index in [1.807, 2.05) is 26.0 Å². The van der Waals surface area contributed by atoms with Gasteiger partial charge in [0.25, 0.3) is 0 Å². The zero-order valence-electron chi connectivity index (χ0n) is 18.4. The number of likely N-dealkylation sites (tertiary alicyclic amines) is 1. The summed E-state index contributed by atoms with van der Waals surface area (Å²) >= 11 is 6.24. The van der Waals surface area contributed by atoms with E-state index in [2.05, 4.69) is 40.0 Å². The maximum atomic E-state index is 11.8. The Morgan fingerprint density at radius 2 is 2.03 bits per heavy atom. The van der Waals surface area contributed by atoms with Crippen molar-refractivity contribution in [2.75, 3.05) is 39.8 Å². The second kappa shape index (κ2) is 14.9. The van der Waals surface area contributed by atoms with Gasteiger partial charge in [-0.15, -0.1) is 24.0 Å². The van der Waals surface area contributed by atoms with Crippen molar-refractivity contribution >= 4 is 47.4 Å². The van der Waals surface area contributed by atoms with E-state index in [0.717, 1.165) is 50.0 Å². The molecule has 8 heteroatoms. The van der Waals surface area contributed by atoms with Gasteiger partial charge in [-0.25, -0.2) is 0 Å². The number of rotatable bonds is 9. The number of carbonyl (C=O) groups excluding carboxylic acids is 1. The number of amides is 1. The largest absolute Gasteiger partial charge is 0.357 e. The lowest BCUT2D eigenvalue weighted by Crippen LogP contribution is -2.41. The second-order valence-electron chi connectivity index (χ2n) is 7.63. The molecular formula is C22H37ClIN5O. The first kappa shape index (κ1) is 27.0. The highest BCUT2D eigenvalue weighted by Crippen LogP contribution is 2.36. The first-order chi connectivity index (χ1) is 14.0. The van der Waals surface area contributed by atoms with E-state index >= 15 is 0 Å². The van der Waals surface area contributed by atoms with E-state index in [9.17, 15) is 4.79 Å². The van der Waals surface area contributed by atoms with Crippen molar-refractivity contribution in [1.29, 1.82) is 0 Å². The van der Waals surface area contributed by atoms with Crippen LogP contribution in [0.2, 0.25) is 5.02 Å². The Hall–Kier alpha value is -1.06. The second-order valence-corrected chi connectivity index (χ2v) is 8.07. The van der Waals surface area contributed by atoms with Crippen molar-refractivity contribution in [3.63, 3.8) is 0 Å². The van der Waals surface area contributed by atoms with Crippen LogP contribution in [0, 0.1) is 5.92 Å². The summed E-state index contributed by atoms with van der Waals surface area (Å²) in [5.41, 5.74) is 1.26. The quantitative estimate of drug-likeness (QED) is 0.249. The van der Waals surface area contributed by atoms with Gasteiger partial charge in [0.05, 0.1) is 0 Å². The van der Waals surface area contributed by atoms with Crippen LogP contribution in [0.3, 0.4) is 0 Å². The van der Waals surface area contributed by atoms with Gasteiger partial charge in [0.1, 0.15) is 0 Å².